The monoisotopic (exact) mass is 438 g/mol. The topological polar surface area (TPSA) is 40.6 Å². The lowest BCUT2D eigenvalue weighted by Crippen LogP contribution is -2.48. The molecule has 3 aromatic rings. The number of alkyl halides is 3. The summed E-state index contributed by atoms with van der Waals surface area (Å²) in [4.78, 5) is 28.9. The molecule has 32 heavy (non-hydrogen) atoms. The van der Waals surface area contributed by atoms with E-state index in [9.17, 15) is 22.8 Å². The van der Waals surface area contributed by atoms with E-state index < -0.39 is 11.7 Å². The summed E-state index contributed by atoms with van der Waals surface area (Å²) in [7, 11) is 0. The molecule has 4 nitrogen and oxygen atoms in total. The molecule has 1 amide bonds. The molecule has 0 spiro atoms. The van der Waals surface area contributed by atoms with Crippen LogP contribution in [-0.2, 0) is 6.18 Å². The van der Waals surface area contributed by atoms with Gasteiger partial charge in [0.05, 0.1) is 5.56 Å². The number of anilines is 1. The van der Waals surface area contributed by atoms with Crippen molar-refractivity contribution in [3.05, 3.63) is 101 Å². The van der Waals surface area contributed by atoms with Gasteiger partial charge in [0.15, 0.2) is 5.78 Å². The van der Waals surface area contributed by atoms with E-state index in [1.807, 2.05) is 11.0 Å². The number of amides is 1. The van der Waals surface area contributed by atoms with Crippen molar-refractivity contribution in [1.29, 1.82) is 0 Å². The fraction of sp³-hybridized carbons (Fsp3) is 0.200. The average molecular weight is 438 g/mol. The maximum atomic E-state index is 13.0. The highest BCUT2D eigenvalue weighted by molar-refractivity contribution is 6.09. The molecular weight excluding hydrogens is 417 g/mol. The van der Waals surface area contributed by atoms with Crippen LogP contribution < -0.4 is 4.90 Å². The van der Waals surface area contributed by atoms with Gasteiger partial charge in [0.25, 0.3) is 5.91 Å². The standard InChI is InChI=1S/C25H21F3N2O2/c26-25(27,28)21-7-4-8-22(17-21)29-13-15-30(16-14-29)24(32)20-11-9-19(10-12-20)23(31)18-5-2-1-3-6-18/h1-12,17H,13-16H2. The van der Waals surface area contributed by atoms with Gasteiger partial charge in [-0.15, -0.1) is 0 Å². The molecule has 164 valence electrons. The minimum absolute atomic E-state index is 0.112. The lowest BCUT2D eigenvalue weighted by molar-refractivity contribution is -0.137. The van der Waals surface area contributed by atoms with Crippen molar-refractivity contribution in [1.82, 2.24) is 4.90 Å². The Labute approximate surface area is 183 Å². The van der Waals surface area contributed by atoms with Crippen LogP contribution in [0.4, 0.5) is 18.9 Å². The Balaban J connectivity index is 1.39. The lowest BCUT2D eigenvalue weighted by Gasteiger charge is -2.36. The molecular formula is C25H21F3N2O2. The predicted octanol–water partition coefficient (Wildman–Crippen LogP) is 4.90. The van der Waals surface area contributed by atoms with Gasteiger partial charge >= 0.3 is 6.18 Å². The van der Waals surface area contributed by atoms with Crippen LogP contribution in [0.15, 0.2) is 78.9 Å². The van der Waals surface area contributed by atoms with Gasteiger partial charge in [-0.3, -0.25) is 9.59 Å². The number of rotatable bonds is 4. The third-order valence-electron chi connectivity index (χ3n) is 5.54. The first-order valence-corrected chi connectivity index (χ1v) is 10.2. The van der Waals surface area contributed by atoms with Gasteiger partial charge in [-0.2, -0.15) is 13.2 Å². The Morgan fingerprint density at radius 1 is 0.688 bits per heavy atom. The summed E-state index contributed by atoms with van der Waals surface area (Å²) in [5, 5.41) is 0. The van der Waals surface area contributed by atoms with Crippen molar-refractivity contribution in [3.63, 3.8) is 0 Å². The van der Waals surface area contributed by atoms with E-state index in [0.717, 1.165) is 12.1 Å². The summed E-state index contributed by atoms with van der Waals surface area (Å²) in [6.45, 7) is 1.69. The highest BCUT2D eigenvalue weighted by Gasteiger charge is 2.31. The molecule has 0 aromatic heterocycles. The fourth-order valence-electron chi connectivity index (χ4n) is 3.75. The van der Waals surface area contributed by atoms with E-state index in [2.05, 4.69) is 0 Å². The number of hydrogen-bond acceptors (Lipinski definition) is 3. The molecule has 4 rings (SSSR count). The number of nitrogens with zero attached hydrogens (tertiary/aromatic N) is 2. The number of carbonyl (C=O) groups is 2. The number of hydrogen-bond donors (Lipinski definition) is 0. The largest absolute Gasteiger partial charge is 0.416 e. The van der Waals surface area contributed by atoms with E-state index in [-0.39, 0.29) is 11.7 Å². The van der Waals surface area contributed by atoms with Crippen molar-refractivity contribution in [2.24, 2.45) is 0 Å². The predicted molar refractivity (Wildman–Crippen MR) is 116 cm³/mol. The van der Waals surface area contributed by atoms with Crippen molar-refractivity contribution < 1.29 is 22.8 Å². The third kappa shape index (κ3) is 4.66. The van der Waals surface area contributed by atoms with Gasteiger partial charge in [-0.05, 0) is 30.3 Å². The average Bonchev–Trinajstić information content (AvgIpc) is 2.83. The maximum absolute atomic E-state index is 13.0. The summed E-state index contributed by atoms with van der Waals surface area (Å²) in [5.74, 6) is -0.272. The minimum atomic E-state index is -4.39. The van der Waals surface area contributed by atoms with Crippen molar-refractivity contribution >= 4 is 17.4 Å². The van der Waals surface area contributed by atoms with Crippen LogP contribution in [0.25, 0.3) is 0 Å². The highest BCUT2D eigenvalue weighted by atomic mass is 19.4. The molecule has 7 heteroatoms. The third-order valence-corrected chi connectivity index (χ3v) is 5.54. The second kappa shape index (κ2) is 8.86. The van der Waals surface area contributed by atoms with Gasteiger partial charge in [0.2, 0.25) is 0 Å². The molecule has 0 atom stereocenters. The number of ketones is 1. The summed E-state index contributed by atoms with van der Waals surface area (Å²) in [6.07, 6.45) is -4.39. The molecule has 0 N–H and O–H groups in total. The molecule has 0 radical (unpaired) electrons. The number of halogens is 3. The van der Waals surface area contributed by atoms with E-state index in [1.54, 1.807) is 59.5 Å². The fourth-order valence-corrected chi connectivity index (χ4v) is 3.75. The molecule has 1 aliphatic rings. The summed E-state index contributed by atoms with van der Waals surface area (Å²) in [5.41, 5.74) is 1.37. The Morgan fingerprint density at radius 2 is 1.28 bits per heavy atom. The van der Waals surface area contributed by atoms with Crippen LogP contribution in [-0.4, -0.2) is 42.8 Å². The Bertz CT molecular complexity index is 1100. The first kappa shape index (κ1) is 21.6. The minimum Gasteiger partial charge on any atom is -0.368 e. The number of benzene rings is 3. The molecule has 0 unspecified atom stereocenters. The van der Waals surface area contributed by atoms with Crippen molar-refractivity contribution in [3.8, 4) is 0 Å². The van der Waals surface area contributed by atoms with E-state index in [1.165, 1.54) is 6.07 Å². The van der Waals surface area contributed by atoms with Crippen LogP contribution in [0, 0.1) is 0 Å². The maximum Gasteiger partial charge on any atom is 0.416 e. The van der Waals surface area contributed by atoms with Crippen LogP contribution in [0.5, 0.6) is 0 Å². The molecule has 0 aliphatic carbocycles. The van der Waals surface area contributed by atoms with Crippen LogP contribution in [0.3, 0.4) is 0 Å². The highest BCUT2D eigenvalue weighted by Crippen LogP contribution is 2.32. The van der Waals surface area contributed by atoms with Crippen molar-refractivity contribution in [2.45, 2.75) is 6.18 Å². The Morgan fingerprint density at radius 3 is 1.91 bits per heavy atom. The van der Waals surface area contributed by atoms with Crippen LogP contribution >= 0.6 is 0 Å². The lowest BCUT2D eigenvalue weighted by atomic mass is 10.0. The normalized spacial score (nSPS) is 14.3. The molecule has 1 heterocycles. The molecule has 1 aliphatic heterocycles. The second-order valence-corrected chi connectivity index (χ2v) is 7.60. The molecule has 0 bridgehead atoms. The molecule has 0 saturated carbocycles. The van der Waals surface area contributed by atoms with Gasteiger partial charge in [-0.25, -0.2) is 0 Å². The quantitative estimate of drug-likeness (QED) is 0.544. The molecule has 1 fully saturated rings. The van der Waals surface area contributed by atoms with E-state index in [0.29, 0.717) is 48.6 Å². The van der Waals surface area contributed by atoms with Crippen LogP contribution in [0.1, 0.15) is 31.8 Å². The van der Waals surface area contributed by atoms with Crippen molar-refractivity contribution in [2.75, 3.05) is 31.1 Å². The smallest absolute Gasteiger partial charge is 0.368 e. The first-order valence-electron chi connectivity index (χ1n) is 10.2. The van der Waals surface area contributed by atoms with Gasteiger partial charge in [0, 0.05) is 48.6 Å². The zero-order valence-corrected chi connectivity index (χ0v) is 17.2. The molecule has 3 aromatic carbocycles. The van der Waals surface area contributed by atoms with Crippen LogP contribution in [0.2, 0.25) is 0 Å². The zero-order valence-electron chi connectivity index (χ0n) is 17.2. The first-order chi connectivity index (χ1) is 15.3. The van der Waals surface area contributed by atoms with E-state index in [4.69, 9.17) is 0 Å². The second-order valence-electron chi connectivity index (χ2n) is 7.60. The zero-order chi connectivity index (χ0) is 22.7. The SMILES string of the molecule is O=C(c1ccccc1)c1ccc(C(=O)N2CCN(c3cccc(C(F)(F)F)c3)CC2)cc1. The summed E-state index contributed by atoms with van der Waals surface area (Å²) >= 11 is 0. The van der Waals surface area contributed by atoms with Gasteiger partial charge in [-0.1, -0.05) is 48.5 Å². The van der Waals surface area contributed by atoms with E-state index >= 15 is 0 Å². The van der Waals surface area contributed by atoms with Gasteiger partial charge < -0.3 is 9.80 Å². The van der Waals surface area contributed by atoms with Gasteiger partial charge in [0.1, 0.15) is 0 Å². The summed E-state index contributed by atoms with van der Waals surface area (Å²) in [6, 6.07) is 20.7. The Kier molecular flexibility index (Phi) is 5.99. The Hall–Kier alpha value is -3.61. The number of piperazine rings is 1. The number of carbonyl (C=O) groups excluding carboxylic acids is 2. The molecule has 1 saturated heterocycles. The summed E-state index contributed by atoms with van der Waals surface area (Å²) < 4.78 is 38.9.